The van der Waals surface area contributed by atoms with Crippen molar-refractivity contribution in [3.05, 3.63) is 23.8 Å². The lowest BCUT2D eigenvalue weighted by atomic mass is 10.1. The Hall–Kier alpha value is -1.51. The molecular formula is C15H21NO2. The van der Waals surface area contributed by atoms with Crippen LogP contribution in [0.4, 0.5) is 5.69 Å². The molecular weight excluding hydrogens is 226 g/mol. The molecule has 2 rings (SSSR count). The normalized spacial score (nSPS) is 14.8. The highest BCUT2D eigenvalue weighted by molar-refractivity contribution is 6.00. The molecule has 0 bridgehead atoms. The van der Waals surface area contributed by atoms with Crippen molar-refractivity contribution < 1.29 is 9.53 Å². The molecule has 1 aromatic rings. The Bertz CT molecular complexity index is 436. The predicted molar refractivity (Wildman–Crippen MR) is 72.9 cm³/mol. The minimum absolute atomic E-state index is 0.218. The smallest absolute Gasteiger partial charge is 0.166 e. The number of hydrogen-bond acceptors (Lipinski definition) is 3. The summed E-state index contributed by atoms with van der Waals surface area (Å²) in [5.74, 6) is 1.75. The van der Waals surface area contributed by atoms with E-state index in [9.17, 15) is 4.79 Å². The molecule has 0 amide bonds. The minimum Gasteiger partial charge on any atom is -0.491 e. The molecule has 0 spiro atoms. The van der Waals surface area contributed by atoms with Gasteiger partial charge < -0.3 is 10.5 Å². The number of carbonyl (C=O) groups excluding carboxylic acids is 1. The molecule has 18 heavy (non-hydrogen) atoms. The number of nitrogen functional groups attached to an aromatic ring is 1. The number of benzene rings is 1. The van der Waals surface area contributed by atoms with Crippen LogP contribution in [-0.4, -0.2) is 12.4 Å². The van der Waals surface area contributed by atoms with E-state index in [1.165, 1.54) is 0 Å². The lowest BCUT2D eigenvalue weighted by Crippen LogP contribution is -2.06. The summed E-state index contributed by atoms with van der Waals surface area (Å²) in [6.45, 7) is 4.98. The molecule has 0 radical (unpaired) electrons. The van der Waals surface area contributed by atoms with Crippen molar-refractivity contribution >= 4 is 11.5 Å². The van der Waals surface area contributed by atoms with Crippen LogP contribution in [0.5, 0.6) is 5.75 Å². The third kappa shape index (κ3) is 3.25. The van der Waals surface area contributed by atoms with Crippen molar-refractivity contribution in [1.29, 1.82) is 0 Å². The van der Waals surface area contributed by atoms with Crippen molar-refractivity contribution in [2.24, 2.45) is 11.8 Å². The molecule has 0 atom stereocenters. The highest BCUT2D eigenvalue weighted by atomic mass is 16.5. The zero-order valence-electron chi connectivity index (χ0n) is 11.1. The fourth-order valence-corrected chi connectivity index (χ4v) is 1.82. The van der Waals surface area contributed by atoms with Gasteiger partial charge in [-0.05, 0) is 43.4 Å². The molecule has 0 aliphatic heterocycles. The van der Waals surface area contributed by atoms with Crippen molar-refractivity contribution in [3.63, 3.8) is 0 Å². The molecule has 1 aromatic carbocycles. The molecule has 2 N–H and O–H groups in total. The van der Waals surface area contributed by atoms with Gasteiger partial charge in [-0.25, -0.2) is 0 Å². The third-order valence-electron chi connectivity index (χ3n) is 3.20. The number of rotatable bonds is 6. The summed E-state index contributed by atoms with van der Waals surface area (Å²) in [4.78, 5) is 11.9. The van der Waals surface area contributed by atoms with Crippen LogP contribution in [0.1, 0.15) is 43.5 Å². The van der Waals surface area contributed by atoms with Gasteiger partial charge in [0.2, 0.25) is 0 Å². The van der Waals surface area contributed by atoms with E-state index in [0.717, 1.165) is 19.3 Å². The van der Waals surface area contributed by atoms with E-state index in [-0.39, 0.29) is 11.7 Å². The first-order chi connectivity index (χ1) is 8.58. The number of anilines is 1. The number of carbonyl (C=O) groups is 1. The second-order valence-corrected chi connectivity index (χ2v) is 5.42. The summed E-state index contributed by atoms with van der Waals surface area (Å²) in [7, 11) is 0. The number of ketones is 1. The monoisotopic (exact) mass is 247 g/mol. The van der Waals surface area contributed by atoms with Gasteiger partial charge >= 0.3 is 0 Å². The highest BCUT2D eigenvalue weighted by Gasteiger charge is 2.30. The first-order valence-electron chi connectivity index (χ1n) is 6.64. The lowest BCUT2D eigenvalue weighted by molar-refractivity contribution is 0.0967. The Morgan fingerprint density at radius 3 is 2.72 bits per heavy atom. The first-order valence-corrected chi connectivity index (χ1v) is 6.64. The van der Waals surface area contributed by atoms with Crippen LogP contribution in [0.2, 0.25) is 0 Å². The average molecular weight is 247 g/mol. The number of ether oxygens (including phenoxy) is 1. The summed E-state index contributed by atoms with van der Waals surface area (Å²) in [5.41, 5.74) is 7.19. The zero-order chi connectivity index (χ0) is 13.1. The minimum atomic E-state index is 0.218. The molecule has 1 saturated carbocycles. The molecule has 98 valence electrons. The van der Waals surface area contributed by atoms with Crippen LogP contribution >= 0.6 is 0 Å². The van der Waals surface area contributed by atoms with Gasteiger partial charge in [-0.15, -0.1) is 0 Å². The molecule has 3 heteroatoms. The summed E-state index contributed by atoms with van der Waals surface area (Å²) in [6.07, 6.45) is 3.04. The maximum absolute atomic E-state index is 11.9. The summed E-state index contributed by atoms with van der Waals surface area (Å²) >= 11 is 0. The van der Waals surface area contributed by atoms with E-state index in [1.807, 2.05) is 12.1 Å². The topological polar surface area (TPSA) is 52.3 Å². The highest BCUT2D eigenvalue weighted by Crippen LogP contribution is 2.34. The Kier molecular flexibility index (Phi) is 3.90. The van der Waals surface area contributed by atoms with Crippen molar-refractivity contribution in [2.75, 3.05) is 12.3 Å². The van der Waals surface area contributed by atoms with Crippen molar-refractivity contribution in [2.45, 2.75) is 33.1 Å². The van der Waals surface area contributed by atoms with E-state index in [1.54, 1.807) is 6.07 Å². The second-order valence-electron chi connectivity index (χ2n) is 5.42. The van der Waals surface area contributed by atoms with Crippen LogP contribution in [0, 0.1) is 11.8 Å². The average Bonchev–Trinajstić information content (AvgIpc) is 3.14. The molecule has 0 aromatic heterocycles. The summed E-state index contributed by atoms with van der Waals surface area (Å²) in [6, 6.07) is 5.37. The van der Waals surface area contributed by atoms with E-state index in [2.05, 4.69) is 13.8 Å². The fourth-order valence-electron chi connectivity index (χ4n) is 1.82. The molecule has 1 aliphatic rings. The number of Topliss-reactive ketones (excluding diaryl/α,β-unsaturated/α-hetero) is 1. The van der Waals surface area contributed by atoms with E-state index >= 15 is 0 Å². The van der Waals surface area contributed by atoms with E-state index < -0.39 is 0 Å². The second kappa shape index (κ2) is 5.42. The van der Waals surface area contributed by atoms with Crippen LogP contribution in [-0.2, 0) is 0 Å². The van der Waals surface area contributed by atoms with Gasteiger partial charge in [-0.1, -0.05) is 13.8 Å². The van der Waals surface area contributed by atoms with Crippen molar-refractivity contribution in [3.8, 4) is 5.75 Å². The van der Waals surface area contributed by atoms with Gasteiger partial charge in [0.05, 0.1) is 12.3 Å². The summed E-state index contributed by atoms with van der Waals surface area (Å²) in [5, 5.41) is 0. The molecule has 0 heterocycles. The Labute approximate surface area is 108 Å². The van der Waals surface area contributed by atoms with Crippen LogP contribution in [0.3, 0.4) is 0 Å². The van der Waals surface area contributed by atoms with E-state index in [0.29, 0.717) is 29.5 Å². The van der Waals surface area contributed by atoms with Crippen LogP contribution in [0.25, 0.3) is 0 Å². The molecule has 0 unspecified atom stereocenters. The van der Waals surface area contributed by atoms with Crippen molar-refractivity contribution in [1.82, 2.24) is 0 Å². The largest absolute Gasteiger partial charge is 0.491 e. The lowest BCUT2D eigenvalue weighted by Gasteiger charge is -2.11. The van der Waals surface area contributed by atoms with Gasteiger partial charge in [-0.2, -0.15) is 0 Å². The number of hydrogen-bond donors (Lipinski definition) is 1. The Morgan fingerprint density at radius 1 is 1.44 bits per heavy atom. The quantitative estimate of drug-likeness (QED) is 0.620. The SMILES string of the molecule is CC(C)CCOc1ccc(C(=O)C2CC2)cc1N. The van der Waals surface area contributed by atoms with Gasteiger partial charge in [-0.3, -0.25) is 4.79 Å². The maximum Gasteiger partial charge on any atom is 0.166 e. The Balaban J connectivity index is 1.98. The number of nitrogens with two attached hydrogens (primary N) is 1. The molecule has 1 aliphatic carbocycles. The predicted octanol–water partition coefficient (Wildman–Crippen LogP) is 3.29. The first kappa shape index (κ1) is 12.9. The fraction of sp³-hybridized carbons (Fsp3) is 0.533. The summed E-state index contributed by atoms with van der Waals surface area (Å²) < 4.78 is 5.62. The molecule has 3 nitrogen and oxygen atoms in total. The molecule has 1 fully saturated rings. The third-order valence-corrected chi connectivity index (χ3v) is 3.20. The van der Waals surface area contributed by atoms with Gasteiger partial charge in [0.25, 0.3) is 0 Å². The maximum atomic E-state index is 11.9. The molecule has 0 saturated heterocycles. The van der Waals surface area contributed by atoms with Gasteiger partial charge in [0.15, 0.2) is 5.78 Å². The standard InChI is InChI=1S/C15H21NO2/c1-10(2)7-8-18-14-6-5-12(9-13(14)16)15(17)11-3-4-11/h5-6,9-11H,3-4,7-8,16H2,1-2H3. The van der Waals surface area contributed by atoms with Crippen LogP contribution in [0.15, 0.2) is 18.2 Å². The van der Waals surface area contributed by atoms with Gasteiger partial charge in [0, 0.05) is 11.5 Å². The zero-order valence-corrected chi connectivity index (χ0v) is 11.1. The van der Waals surface area contributed by atoms with Gasteiger partial charge in [0.1, 0.15) is 5.75 Å². The Morgan fingerprint density at radius 2 is 2.17 bits per heavy atom. The van der Waals surface area contributed by atoms with Crippen LogP contribution < -0.4 is 10.5 Å². The van der Waals surface area contributed by atoms with E-state index in [4.69, 9.17) is 10.5 Å².